The van der Waals surface area contributed by atoms with Gasteiger partial charge in [0.05, 0.1) is 0 Å². The van der Waals surface area contributed by atoms with Crippen LogP contribution in [0.4, 0.5) is 4.39 Å². The molecule has 0 radical (unpaired) electrons. The molecular formula is C17H19ClFN. The second kappa shape index (κ2) is 7.41. The minimum atomic E-state index is -0.157. The molecule has 1 atom stereocenters. The number of nitrogens with one attached hydrogen (secondary N) is 1. The quantitative estimate of drug-likeness (QED) is 0.809. The van der Waals surface area contributed by atoms with E-state index >= 15 is 0 Å². The lowest BCUT2D eigenvalue weighted by molar-refractivity contribution is 0.497. The summed E-state index contributed by atoms with van der Waals surface area (Å²) in [5.74, 6) is -0.157. The van der Waals surface area contributed by atoms with Crippen LogP contribution >= 0.6 is 11.6 Å². The van der Waals surface area contributed by atoms with Crippen LogP contribution in [0.1, 0.15) is 30.5 Å². The van der Waals surface area contributed by atoms with Crippen molar-refractivity contribution in [2.75, 3.05) is 6.54 Å². The maximum Gasteiger partial charge on any atom is 0.127 e. The Morgan fingerprint density at radius 2 is 1.80 bits per heavy atom. The second-order valence-electron chi connectivity index (χ2n) is 4.86. The van der Waals surface area contributed by atoms with Crippen molar-refractivity contribution >= 4 is 11.6 Å². The first kappa shape index (κ1) is 15.0. The lowest BCUT2D eigenvalue weighted by atomic mass is 9.98. The summed E-state index contributed by atoms with van der Waals surface area (Å²) in [7, 11) is 0. The van der Waals surface area contributed by atoms with Crippen molar-refractivity contribution in [1.29, 1.82) is 0 Å². The molecule has 0 saturated heterocycles. The van der Waals surface area contributed by atoms with Gasteiger partial charge in [0.15, 0.2) is 0 Å². The molecule has 1 nitrogen and oxygen atoms in total. The first-order chi connectivity index (χ1) is 9.70. The molecule has 0 aliphatic heterocycles. The van der Waals surface area contributed by atoms with Gasteiger partial charge in [-0.25, -0.2) is 4.39 Å². The molecule has 1 unspecified atom stereocenters. The van der Waals surface area contributed by atoms with Gasteiger partial charge in [-0.2, -0.15) is 0 Å². The molecule has 0 aliphatic carbocycles. The van der Waals surface area contributed by atoms with Gasteiger partial charge >= 0.3 is 0 Å². The summed E-state index contributed by atoms with van der Waals surface area (Å²) in [5.41, 5.74) is 1.86. The van der Waals surface area contributed by atoms with Crippen LogP contribution in [-0.2, 0) is 6.42 Å². The van der Waals surface area contributed by atoms with Crippen LogP contribution in [0.3, 0.4) is 0 Å². The van der Waals surface area contributed by atoms with E-state index in [0.717, 1.165) is 35.5 Å². The molecule has 3 heteroatoms. The van der Waals surface area contributed by atoms with E-state index in [1.165, 1.54) is 6.07 Å². The first-order valence-corrected chi connectivity index (χ1v) is 7.30. The van der Waals surface area contributed by atoms with Gasteiger partial charge in [-0.05, 0) is 43.1 Å². The summed E-state index contributed by atoms with van der Waals surface area (Å²) >= 11 is 5.90. The van der Waals surface area contributed by atoms with Gasteiger partial charge in [-0.1, -0.05) is 48.9 Å². The van der Waals surface area contributed by atoms with Crippen LogP contribution in [0.2, 0.25) is 5.02 Å². The van der Waals surface area contributed by atoms with Gasteiger partial charge in [0.25, 0.3) is 0 Å². The predicted molar refractivity (Wildman–Crippen MR) is 82.6 cm³/mol. The summed E-state index contributed by atoms with van der Waals surface area (Å²) in [6.45, 7) is 2.97. The molecule has 2 aromatic rings. The number of rotatable bonds is 6. The summed E-state index contributed by atoms with van der Waals surface area (Å²) in [5, 5.41) is 4.14. The molecule has 0 amide bonds. The molecule has 0 bridgehead atoms. The highest BCUT2D eigenvalue weighted by Crippen LogP contribution is 2.22. The Balaban J connectivity index is 2.19. The van der Waals surface area contributed by atoms with Crippen molar-refractivity contribution in [3.05, 3.63) is 70.5 Å². The van der Waals surface area contributed by atoms with Gasteiger partial charge in [0, 0.05) is 16.6 Å². The zero-order chi connectivity index (χ0) is 14.4. The minimum Gasteiger partial charge on any atom is -0.310 e. The second-order valence-corrected chi connectivity index (χ2v) is 5.30. The maximum absolute atomic E-state index is 14.0. The fraction of sp³-hybridized carbons (Fsp3) is 0.294. The molecule has 0 saturated carbocycles. The van der Waals surface area contributed by atoms with Crippen molar-refractivity contribution in [2.24, 2.45) is 0 Å². The minimum absolute atomic E-state index is 0.0164. The van der Waals surface area contributed by atoms with E-state index in [9.17, 15) is 4.39 Å². The Bertz CT molecular complexity index is 539. The molecule has 0 heterocycles. The zero-order valence-electron chi connectivity index (χ0n) is 11.6. The Hall–Kier alpha value is -1.38. The lowest BCUT2D eigenvalue weighted by Gasteiger charge is -2.20. The van der Waals surface area contributed by atoms with Crippen LogP contribution in [0, 0.1) is 5.82 Å². The van der Waals surface area contributed by atoms with E-state index in [-0.39, 0.29) is 11.9 Å². The summed E-state index contributed by atoms with van der Waals surface area (Å²) < 4.78 is 14.0. The molecule has 0 aliphatic rings. The van der Waals surface area contributed by atoms with Gasteiger partial charge in [0.2, 0.25) is 0 Å². The molecule has 0 aromatic heterocycles. The zero-order valence-corrected chi connectivity index (χ0v) is 12.3. The van der Waals surface area contributed by atoms with E-state index < -0.39 is 0 Å². The van der Waals surface area contributed by atoms with Crippen LogP contribution in [0.25, 0.3) is 0 Å². The third kappa shape index (κ3) is 4.06. The summed E-state index contributed by atoms with van der Waals surface area (Å²) in [6, 6.07) is 14.7. The predicted octanol–water partition coefficient (Wildman–Crippen LogP) is 4.76. The number of hydrogen-bond donors (Lipinski definition) is 1. The first-order valence-electron chi connectivity index (χ1n) is 6.93. The van der Waals surface area contributed by atoms with Crippen molar-refractivity contribution in [1.82, 2.24) is 5.32 Å². The molecule has 1 N–H and O–H groups in total. The lowest BCUT2D eigenvalue weighted by Crippen LogP contribution is -2.25. The van der Waals surface area contributed by atoms with Crippen molar-refractivity contribution < 1.29 is 4.39 Å². The fourth-order valence-corrected chi connectivity index (χ4v) is 2.35. The van der Waals surface area contributed by atoms with Gasteiger partial charge < -0.3 is 5.32 Å². The average molecular weight is 292 g/mol. The largest absolute Gasteiger partial charge is 0.310 e. The van der Waals surface area contributed by atoms with Crippen molar-refractivity contribution in [3.8, 4) is 0 Å². The van der Waals surface area contributed by atoms with E-state index in [2.05, 4.69) is 12.2 Å². The Labute approximate surface area is 124 Å². The molecule has 106 valence electrons. The highest BCUT2D eigenvalue weighted by molar-refractivity contribution is 6.30. The van der Waals surface area contributed by atoms with Crippen molar-refractivity contribution in [3.63, 3.8) is 0 Å². The highest BCUT2D eigenvalue weighted by atomic mass is 35.5. The Morgan fingerprint density at radius 3 is 2.45 bits per heavy atom. The van der Waals surface area contributed by atoms with E-state index in [4.69, 9.17) is 11.6 Å². The van der Waals surface area contributed by atoms with Crippen LogP contribution < -0.4 is 5.32 Å². The molecule has 0 fully saturated rings. The smallest absolute Gasteiger partial charge is 0.127 e. The summed E-state index contributed by atoms with van der Waals surface area (Å²) in [4.78, 5) is 0. The molecule has 2 rings (SSSR count). The third-order valence-electron chi connectivity index (χ3n) is 3.27. The fourth-order valence-electron chi connectivity index (χ4n) is 2.22. The van der Waals surface area contributed by atoms with Crippen molar-refractivity contribution in [2.45, 2.75) is 25.8 Å². The normalized spacial score (nSPS) is 12.3. The molecule has 2 aromatic carbocycles. The summed E-state index contributed by atoms with van der Waals surface area (Å²) in [6.07, 6.45) is 1.77. The van der Waals surface area contributed by atoms with Crippen LogP contribution in [-0.4, -0.2) is 6.54 Å². The molecule has 0 spiro atoms. The SMILES string of the molecule is CCCNC(Cc1ccc(Cl)cc1)c1ccccc1F. The van der Waals surface area contributed by atoms with Crippen LogP contribution in [0.15, 0.2) is 48.5 Å². The standard InChI is InChI=1S/C17H19ClFN/c1-2-11-20-17(15-5-3-4-6-16(15)19)12-13-7-9-14(18)10-8-13/h3-10,17,20H,2,11-12H2,1H3. The highest BCUT2D eigenvalue weighted by Gasteiger charge is 2.15. The topological polar surface area (TPSA) is 12.0 Å². The third-order valence-corrected chi connectivity index (χ3v) is 3.53. The number of hydrogen-bond acceptors (Lipinski definition) is 1. The molecular weight excluding hydrogens is 273 g/mol. The van der Waals surface area contributed by atoms with E-state index in [1.54, 1.807) is 6.07 Å². The van der Waals surface area contributed by atoms with Gasteiger partial charge in [-0.15, -0.1) is 0 Å². The van der Waals surface area contributed by atoms with E-state index in [1.807, 2.05) is 36.4 Å². The Morgan fingerprint density at radius 1 is 1.10 bits per heavy atom. The Kier molecular flexibility index (Phi) is 5.57. The van der Waals surface area contributed by atoms with Gasteiger partial charge in [-0.3, -0.25) is 0 Å². The average Bonchev–Trinajstić information content (AvgIpc) is 2.46. The van der Waals surface area contributed by atoms with Crippen LogP contribution in [0.5, 0.6) is 0 Å². The van der Waals surface area contributed by atoms with E-state index in [0.29, 0.717) is 0 Å². The molecule has 20 heavy (non-hydrogen) atoms. The monoisotopic (exact) mass is 291 g/mol. The number of halogens is 2. The maximum atomic E-state index is 14.0. The number of benzene rings is 2. The van der Waals surface area contributed by atoms with Gasteiger partial charge in [0.1, 0.15) is 5.82 Å².